The number of hydrogen-bond acceptors (Lipinski definition) is 4. The molecule has 2 N–H and O–H groups in total. The maximum Gasteiger partial charge on any atom is 0.240 e. The van der Waals surface area contributed by atoms with Crippen LogP contribution in [0.1, 0.15) is 33.6 Å². The number of carbonyl (C=O) groups is 2. The predicted molar refractivity (Wildman–Crippen MR) is 66.9 cm³/mol. The summed E-state index contributed by atoms with van der Waals surface area (Å²) in [6, 6.07) is -0.916. The number of hydrogen-bond donors (Lipinski definition) is 1. The minimum absolute atomic E-state index is 0.00435. The molecule has 0 saturated carbocycles. The molecule has 2 saturated heterocycles. The molecule has 0 spiro atoms. The molecule has 0 aliphatic carbocycles. The number of likely N-dealkylation sites (tertiary alicyclic amines) is 1. The maximum atomic E-state index is 12.3. The number of rotatable bonds is 2. The van der Waals surface area contributed by atoms with Crippen molar-refractivity contribution in [1.29, 1.82) is 0 Å². The van der Waals surface area contributed by atoms with Crippen molar-refractivity contribution in [2.24, 2.45) is 11.1 Å². The Balaban J connectivity index is 2.03. The van der Waals surface area contributed by atoms with E-state index >= 15 is 0 Å². The second-order valence-corrected chi connectivity index (χ2v) is 6.45. The molecule has 2 rings (SSSR count). The molecular weight excluding hydrogens is 232 g/mol. The highest BCUT2D eigenvalue weighted by Gasteiger charge is 2.47. The topological polar surface area (TPSA) is 72.6 Å². The van der Waals surface area contributed by atoms with Crippen LogP contribution in [0.5, 0.6) is 0 Å². The van der Waals surface area contributed by atoms with Crippen LogP contribution in [0.2, 0.25) is 0 Å². The summed E-state index contributed by atoms with van der Waals surface area (Å²) < 4.78 is 5.37. The molecule has 5 nitrogen and oxygen atoms in total. The first-order valence-corrected chi connectivity index (χ1v) is 6.50. The fourth-order valence-electron chi connectivity index (χ4n) is 2.80. The SMILES string of the molecule is CC(C)(C)CC(N)C(=O)N1CCC2OCC(=O)C21. The molecule has 0 aromatic rings. The van der Waals surface area contributed by atoms with E-state index in [0.717, 1.165) is 6.42 Å². The first-order chi connectivity index (χ1) is 8.29. The van der Waals surface area contributed by atoms with Gasteiger partial charge in [-0.1, -0.05) is 20.8 Å². The third kappa shape index (κ3) is 2.57. The Morgan fingerprint density at radius 2 is 2.22 bits per heavy atom. The van der Waals surface area contributed by atoms with E-state index in [2.05, 4.69) is 20.8 Å². The molecule has 0 bridgehead atoms. The van der Waals surface area contributed by atoms with Crippen molar-refractivity contribution < 1.29 is 14.3 Å². The lowest BCUT2D eigenvalue weighted by Crippen LogP contribution is -2.50. The Kier molecular flexibility index (Phi) is 3.47. The molecule has 102 valence electrons. The first-order valence-electron chi connectivity index (χ1n) is 6.50. The van der Waals surface area contributed by atoms with Crippen molar-refractivity contribution in [2.75, 3.05) is 13.2 Å². The minimum atomic E-state index is -0.530. The van der Waals surface area contributed by atoms with Crippen LogP contribution in [0.15, 0.2) is 0 Å². The standard InChI is InChI=1S/C13H22N2O3/c1-13(2,3)6-8(14)12(17)15-5-4-10-11(15)9(16)7-18-10/h8,10-11H,4-7,14H2,1-3H3. The third-order valence-corrected chi connectivity index (χ3v) is 3.54. The molecule has 3 atom stereocenters. The Hall–Kier alpha value is -0.940. The van der Waals surface area contributed by atoms with Gasteiger partial charge < -0.3 is 15.4 Å². The number of fused-ring (bicyclic) bond motifs is 1. The average molecular weight is 254 g/mol. The van der Waals surface area contributed by atoms with E-state index in [1.165, 1.54) is 0 Å². The van der Waals surface area contributed by atoms with E-state index in [4.69, 9.17) is 10.5 Å². The number of ketones is 1. The second kappa shape index (κ2) is 4.63. The monoisotopic (exact) mass is 254 g/mol. The van der Waals surface area contributed by atoms with Crippen molar-refractivity contribution in [1.82, 2.24) is 4.90 Å². The summed E-state index contributed by atoms with van der Waals surface area (Å²) in [7, 11) is 0. The van der Waals surface area contributed by atoms with Crippen LogP contribution in [0.4, 0.5) is 0 Å². The van der Waals surface area contributed by atoms with Gasteiger partial charge in [-0.2, -0.15) is 0 Å². The number of amides is 1. The largest absolute Gasteiger partial charge is 0.368 e. The van der Waals surface area contributed by atoms with Gasteiger partial charge in [0, 0.05) is 6.54 Å². The number of ether oxygens (including phenoxy) is 1. The van der Waals surface area contributed by atoms with Crippen molar-refractivity contribution in [2.45, 2.75) is 51.8 Å². The molecule has 3 unspecified atom stereocenters. The van der Waals surface area contributed by atoms with Crippen LogP contribution in [0.3, 0.4) is 0 Å². The summed E-state index contributed by atoms with van der Waals surface area (Å²) in [5.74, 6) is -0.106. The molecule has 5 heteroatoms. The lowest BCUT2D eigenvalue weighted by molar-refractivity contribution is -0.138. The zero-order valence-corrected chi connectivity index (χ0v) is 11.3. The maximum absolute atomic E-state index is 12.3. The summed E-state index contributed by atoms with van der Waals surface area (Å²) in [6.45, 7) is 6.87. The Labute approximate surface area is 108 Å². The van der Waals surface area contributed by atoms with Gasteiger partial charge in [-0.05, 0) is 18.3 Å². The van der Waals surface area contributed by atoms with Gasteiger partial charge in [0.25, 0.3) is 0 Å². The van der Waals surface area contributed by atoms with Crippen LogP contribution in [-0.4, -0.2) is 47.9 Å². The van der Waals surface area contributed by atoms with E-state index in [9.17, 15) is 9.59 Å². The molecule has 0 aromatic heterocycles. The van der Waals surface area contributed by atoms with Crippen molar-refractivity contribution in [3.63, 3.8) is 0 Å². The molecule has 0 radical (unpaired) electrons. The smallest absolute Gasteiger partial charge is 0.240 e. The lowest BCUT2D eigenvalue weighted by atomic mass is 9.88. The normalized spacial score (nSPS) is 29.6. The molecule has 18 heavy (non-hydrogen) atoms. The zero-order chi connectivity index (χ0) is 13.5. The Bertz CT molecular complexity index is 362. The van der Waals surface area contributed by atoms with Crippen LogP contribution in [0.25, 0.3) is 0 Å². The lowest BCUT2D eigenvalue weighted by Gasteiger charge is -2.28. The van der Waals surface area contributed by atoms with Gasteiger partial charge in [0.05, 0.1) is 12.1 Å². The highest BCUT2D eigenvalue weighted by Crippen LogP contribution is 2.28. The molecule has 2 aliphatic rings. The number of carbonyl (C=O) groups excluding carboxylic acids is 2. The van der Waals surface area contributed by atoms with E-state index < -0.39 is 6.04 Å². The Morgan fingerprint density at radius 3 is 2.83 bits per heavy atom. The molecular formula is C13H22N2O3. The van der Waals surface area contributed by atoms with Gasteiger partial charge in [0.2, 0.25) is 5.91 Å². The zero-order valence-electron chi connectivity index (χ0n) is 11.3. The van der Waals surface area contributed by atoms with Crippen LogP contribution in [-0.2, 0) is 14.3 Å². The number of nitrogens with zero attached hydrogens (tertiary/aromatic N) is 1. The molecule has 1 amide bonds. The summed E-state index contributed by atoms with van der Waals surface area (Å²) in [5, 5.41) is 0. The minimum Gasteiger partial charge on any atom is -0.368 e. The van der Waals surface area contributed by atoms with Gasteiger partial charge in [-0.3, -0.25) is 9.59 Å². The van der Waals surface area contributed by atoms with Crippen LogP contribution < -0.4 is 5.73 Å². The van der Waals surface area contributed by atoms with Crippen molar-refractivity contribution in [3.8, 4) is 0 Å². The van der Waals surface area contributed by atoms with E-state index in [-0.39, 0.29) is 35.9 Å². The van der Waals surface area contributed by atoms with Crippen LogP contribution in [0, 0.1) is 5.41 Å². The first kappa shape index (κ1) is 13.5. The third-order valence-electron chi connectivity index (χ3n) is 3.54. The average Bonchev–Trinajstić information content (AvgIpc) is 2.78. The molecule has 2 fully saturated rings. The van der Waals surface area contributed by atoms with Crippen LogP contribution >= 0.6 is 0 Å². The molecule has 2 heterocycles. The van der Waals surface area contributed by atoms with Gasteiger partial charge in [0.1, 0.15) is 12.6 Å². The summed E-state index contributed by atoms with van der Waals surface area (Å²) in [6.07, 6.45) is 1.25. The van der Waals surface area contributed by atoms with Gasteiger partial charge in [-0.15, -0.1) is 0 Å². The van der Waals surface area contributed by atoms with Crippen molar-refractivity contribution >= 4 is 11.7 Å². The molecule has 2 aliphatic heterocycles. The Morgan fingerprint density at radius 1 is 1.56 bits per heavy atom. The van der Waals surface area contributed by atoms with Gasteiger partial charge in [-0.25, -0.2) is 0 Å². The van der Waals surface area contributed by atoms with Crippen molar-refractivity contribution in [3.05, 3.63) is 0 Å². The number of nitrogens with two attached hydrogens (primary N) is 1. The quantitative estimate of drug-likeness (QED) is 0.770. The second-order valence-electron chi connectivity index (χ2n) is 6.45. The fourth-order valence-corrected chi connectivity index (χ4v) is 2.80. The van der Waals surface area contributed by atoms with E-state index in [1.54, 1.807) is 4.90 Å². The van der Waals surface area contributed by atoms with Gasteiger partial charge in [0.15, 0.2) is 5.78 Å². The molecule has 0 aromatic carbocycles. The highest BCUT2D eigenvalue weighted by atomic mass is 16.5. The summed E-state index contributed by atoms with van der Waals surface area (Å²) >= 11 is 0. The predicted octanol–water partition coefficient (Wildman–Crippen LogP) is 0.319. The van der Waals surface area contributed by atoms with E-state index in [0.29, 0.717) is 13.0 Å². The number of Topliss-reactive ketones (excluding diaryl/α,β-unsaturated/α-hetero) is 1. The summed E-state index contributed by atoms with van der Waals surface area (Å²) in [5.41, 5.74) is 5.97. The highest BCUT2D eigenvalue weighted by molar-refractivity contribution is 5.93. The fraction of sp³-hybridized carbons (Fsp3) is 0.846. The van der Waals surface area contributed by atoms with Gasteiger partial charge >= 0.3 is 0 Å². The van der Waals surface area contributed by atoms with E-state index in [1.807, 2.05) is 0 Å². The summed E-state index contributed by atoms with van der Waals surface area (Å²) in [4.78, 5) is 25.6.